The molecule has 0 aromatic heterocycles. The van der Waals surface area contributed by atoms with Gasteiger partial charge in [-0.1, -0.05) is 146 Å². The van der Waals surface area contributed by atoms with Crippen LogP contribution >= 0.6 is 0 Å². The minimum absolute atomic E-state index is 0.0291. The minimum atomic E-state index is -2.12. The van der Waals surface area contributed by atoms with Gasteiger partial charge in [-0.05, 0) is 120 Å². The lowest BCUT2D eigenvalue weighted by Gasteiger charge is -2.49. The predicted molar refractivity (Wildman–Crippen MR) is 229 cm³/mol. The number of aliphatic hydroxyl groups is 1. The van der Waals surface area contributed by atoms with E-state index in [-0.39, 0.29) is 12.2 Å². The molecule has 0 unspecified atom stereocenters. The van der Waals surface area contributed by atoms with Crippen LogP contribution in [-0.2, 0) is 8.85 Å². The van der Waals surface area contributed by atoms with Gasteiger partial charge in [-0.2, -0.15) is 0 Å². The zero-order chi connectivity index (χ0) is 38.5. The van der Waals surface area contributed by atoms with E-state index in [0.29, 0.717) is 44.6 Å². The fourth-order valence-corrected chi connectivity index (χ4v) is 23.2. The number of hydrogen-bond donors (Lipinski definition) is 1. The Hall–Kier alpha value is -0.466. The Morgan fingerprint density at radius 3 is 1.84 bits per heavy atom. The fraction of sp³-hybridized carbons (Fsp3) is 0.870. The summed E-state index contributed by atoms with van der Waals surface area (Å²) in [7, 11) is -4.18. The Morgan fingerprint density at radius 2 is 1.31 bits per heavy atom. The first-order valence-corrected chi connectivity index (χ1v) is 26.1. The molecule has 1 N–H and O–H groups in total. The van der Waals surface area contributed by atoms with E-state index in [1.165, 1.54) is 68.9 Å². The Morgan fingerprint density at radius 1 is 0.784 bits per heavy atom. The summed E-state index contributed by atoms with van der Waals surface area (Å²) in [6.45, 7) is 40.4. The molecule has 0 aliphatic heterocycles. The molecular weight excluding hydrogens is 657 g/mol. The second-order valence-corrected chi connectivity index (χ2v) is 31.1. The molecule has 3 aliphatic rings. The van der Waals surface area contributed by atoms with E-state index in [1.54, 1.807) is 5.57 Å². The number of allylic oxidation sites excluding steroid dienone is 3. The summed E-state index contributed by atoms with van der Waals surface area (Å²) in [5.74, 6) is 1.55. The third-order valence-corrected chi connectivity index (χ3v) is 26.9. The molecule has 0 spiro atoms. The normalized spacial score (nSPS) is 28.5. The molecule has 0 bridgehead atoms. The second-order valence-electron chi connectivity index (χ2n) is 20.3. The maximum absolute atomic E-state index is 10.1. The topological polar surface area (TPSA) is 38.7 Å². The Bertz CT molecular complexity index is 1130. The van der Waals surface area contributed by atoms with Gasteiger partial charge in [0, 0.05) is 6.42 Å². The maximum atomic E-state index is 10.1. The molecule has 3 nitrogen and oxygen atoms in total. The molecule has 0 radical (unpaired) electrons. The molecular formula is C46H86O3Si2. The van der Waals surface area contributed by atoms with Crippen molar-refractivity contribution in [2.45, 2.75) is 238 Å². The van der Waals surface area contributed by atoms with Crippen LogP contribution in [0.25, 0.3) is 0 Å². The van der Waals surface area contributed by atoms with E-state index in [2.05, 4.69) is 102 Å². The van der Waals surface area contributed by atoms with Crippen LogP contribution in [0, 0.1) is 17.3 Å². The van der Waals surface area contributed by atoms with Crippen molar-refractivity contribution in [2.24, 2.45) is 17.3 Å². The summed E-state index contributed by atoms with van der Waals surface area (Å²) in [5.41, 5.74) is 7.54. The van der Waals surface area contributed by atoms with Crippen LogP contribution in [0.3, 0.4) is 0 Å². The van der Waals surface area contributed by atoms with Gasteiger partial charge in [-0.15, -0.1) is 0 Å². The molecule has 3 rings (SSSR count). The van der Waals surface area contributed by atoms with Gasteiger partial charge in [-0.25, -0.2) is 0 Å². The van der Waals surface area contributed by atoms with Crippen molar-refractivity contribution in [3.8, 4) is 0 Å². The molecule has 5 atom stereocenters. The molecule has 3 fully saturated rings. The van der Waals surface area contributed by atoms with Crippen molar-refractivity contribution in [2.75, 3.05) is 0 Å². The third kappa shape index (κ3) is 10.2. The van der Waals surface area contributed by atoms with Crippen LogP contribution in [0.2, 0.25) is 33.2 Å². The zero-order valence-corrected chi connectivity index (χ0v) is 38.6. The first-order valence-electron chi connectivity index (χ1n) is 21.8. The molecule has 3 aliphatic carbocycles. The monoisotopic (exact) mass is 743 g/mol. The highest BCUT2D eigenvalue weighted by molar-refractivity contribution is 6.78. The Labute approximate surface area is 320 Å². The Kier molecular flexibility index (Phi) is 16.2. The average molecular weight is 743 g/mol. The average Bonchev–Trinajstić information content (AvgIpc) is 3.42. The fourth-order valence-electron chi connectivity index (χ4n) is 12.1. The highest BCUT2D eigenvalue weighted by Gasteiger charge is 2.51. The summed E-state index contributed by atoms with van der Waals surface area (Å²) < 4.78 is 15.2. The molecule has 0 aromatic carbocycles. The van der Waals surface area contributed by atoms with Gasteiger partial charge in [0.25, 0.3) is 0 Å². The van der Waals surface area contributed by atoms with Crippen molar-refractivity contribution in [3.63, 3.8) is 0 Å². The number of rotatable bonds is 18. The molecule has 0 aromatic rings. The number of unbranched alkanes of at least 4 members (excludes halogenated alkanes) is 3. The molecule has 0 saturated heterocycles. The summed E-state index contributed by atoms with van der Waals surface area (Å²) in [6.07, 6.45) is 21.2. The summed E-state index contributed by atoms with van der Waals surface area (Å²) >= 11 is 0. The second kappa shape index (κ2) is 18.4. The highest BCUT2D eigenvalue weighted by atomic mass is 28.4. The van der Waals surface area contributed by atoms with Crippen LogP contribution in [0.1, 0.15) is 187 Å². The predicted octanol–water partition coefficient (Wildman–Crippen LogP) is 14.6. The third-order valence-electron chi connectivity index (χ3n) is 14.6. The zero-order valence-electron chi connectivity index (χ0n) is 36.6. The van der Waals surface area contributed by atoms with Crippen LogP contribution in [0.4, 0.5) is 0 Å². The molecule has 0 amide bonds. The number of fused-ring (bicyclic) bond motifs is 1. The molecule has 51 heavy (non-hydrogen) atoms. The minimum Gasteiger partial charge on any atom is -0.413 e. The molecule has 3 saturated carbocycles. The van der Waals surface area contributed by atoms with E-state index in [9.17, 15) is 5.11 Å². The summed E-state index contributed by atoms with van der Waals surface area (Å²) in [6, 6.07) is 0. The first-order chi connectivity index (χ1) is 23.6. The molecule has 5 heteroatoms. The van der Waals surface area contributed by atoms with Crippen LogP contribution in [0.15, 0.2) is 35.5 Å². The lowest BCUT2D eigenvalue weighted by Crippen LogP contribution is -2.54. The van der Waals surface area contributed by atoms with Gasteiger partial charge < -0.3 is 14.0 Å². The van der Waals surface area contributed by atoms with Crippen molar-refractivity contribution in [1.29, 1.82) is 0 Å². The van der Waals surface area contributed by atoms with Gasteiger partial charge >= 0.3 is 0 Å². The van der Waals surface area contributed by atoms with Crippen LogP contribution in [0.5, 0.6) is 0 Å². The molecule has 0 heterocycles. The quantitative estimate of drug-likeness (QED) is 0.112. The van der Waals surface area contributed by atoms with E-state index < -0.39 is 22.2 Å². The summed E-state index contributed by atoms with van der Waals surface area (Å²) in [5, 5.41) is 10.1. The van der Waals surface area contributed by atoms with E-state index in [1.807, 2.05) is 13.8 Å². The van der Waals surface area contributed by atoms with Crippen LogP contribution < -0.4 is 0 Å². The van der Waals surface area contributed by atoms with E-state index in [4.69, 9.17) is 15.4 Å². The van der Waals surface area contributed by atoms with Crippen molar-refractivity contribution < 1.29 is 14.0 Å². The van der Waals surface area contributed by atoms with Crippen molar-refractivity contribution >= 4 is 16.6 Å². The maximum Gasteiger partial charge on any atom is 0.201 e. The van der Waals surface area contributed by atoms with Gasteiger partial charge in [0.05, 0.1) is 17.8 Å². The largest absolute Gasteiger partial charge is 0.413 e. The van der Waals surface area contributed by atoms with Gasteiger partial charge in [0.15, 0.2) is 0 Å². The van der Waals surface area contributed by atoms with Crippen molar-refractivity contribution in [1.82, 2.24) is 0 Å². The smallest absolute Gasteiger partial charge is 0.201 e. The number of hydrogen-bond acceptors (Lipinski definition) is 3. The first kappa shape index (κ1) is 44.9. The van der Waals surface area contributed by atoms with Gasteiger partial charge in [0.1, 0.15) is 0 Å². The van der Waals surface area contributed by atoms with Gasteiger partial charge in [0.2, 0.25) is 16.6 Å². The van der Waals surface area contributed by atoms with E-state index >= 15 is 0 Å². The van der Waals surface area contributed by atoms with Gasteiger partial charge in [-0.3, -0.25) is 0 Å². The summed E-state index contributed by atoms with van der Waals surface area (Å²) in [4.78, 5) is 0. The molecule has 296 valence electrons. The highest BCUT2D eigenvalue weighted by Crippen LogP contribution is 2.58. The lowest BCUT2D eigenvalue weighted by atomic mass is 9.59. The Balaban J connectivity index is 1.91. The lowest BCUT2D eigenvalue weighted by molar-refractivity contribution is 0.0676. The van der Waals surface area contributed by atoms with Crippen molar-refractivity contribution in [3.05, 3.63) is 35.5 Å². The van der Waals surface area contributed by atoms with Crippen LogP contribution in [-0.4, -0.2) is 39.6 Å². The standard InChI is InChI=1S/C46H86O3Si2/c1-32(2)50(33(3)4,34(5)6)48-42-30-40(38(13)44(31-42)49-51(35(7)8,36(9)10)37(11)12)25-24-39-26-27-41(46(16)29-21-23-43(39)46)22-19-17-18-20-28-45(14,15)47/h24-25,32-37,41-44,47H,13,17-23,26-31H2,1-12,14-16H3/b39-24+,40-25-/t41-,42-,43+,44+,46+/m1/s1. The van der Waals surface area contributed by atoms with E-state index in [0.717, 1.165) is 31.6 Å². The SMILES string of the molecule is C=C1/C(=C\C=C2/CC[C@@H](CCCCCCC(C)(C)O)[C@]3(C)CCC[C@@H]23)C[C@@H](O[Si](C(C)C)(C(C)C)C(C)C)C[C@@H]1O[Si](C(C)C)(C(C)C)C(C)C.